The van der Waals surface area contributed by atoms with Crippen molar-refractivity contribution >= 4 is 8.32 Å². The quantitative estimate of drug-likeness (QED) is 0.466. The number of hydrogen-bond donors (Lipinski definition) is 0. The van der Waals surface area contributed by atoms with Gasteiger partial charge in [-0.1, -0.05) is 63.3 Å². The molecule has 0 N–H and O–H groups in total. The number of pyridine rings is 1. The summed E-state index contributed by atoms with van der Waals surface area (Å²) in [7, 11) is -1.81. The first kappa shape index (κ1) is 19.1. The standard InChI is InChI=1S/C23H31NOSi/c1-23(2,3)26(4,5)25-21-13-9-12-20(21)22(18-10-7-6-8-11-18)19-14-16-24-17-15-19/h6-12,14-17,20-22H,13H2,1-5H3. The van der Waals surface area contributed by atoms with E-state index in [1.54, 1.807) is 0 Å². The Morgan fingerprint density at radius 2 is 1.62 bits per heavy atom. The van der Waals surface area contributed by atoms with E-state index < -0.39 is 8.32 Å². The van der Waals surface area contributed by atoms with Gasteiger partial charge in [0.1, 0.15) is 0 Å². The summed E-state index contributed by atoms with van der Waals surface area (Å²) in [6.45, 7) is 11.6. The Bertz CT molecular complexity index is 694. The maximum absolute atomic E-state index is 6.86. The maximum atomic E-state index is 6.86. The van der Waals surface area contributed by atoms with Crippen molar-refractivity contribution < 1.29 is 4.43 Å². The average Bonchev–Trinajstić information content (AvgIpc) is 3.03. The van der Waals surface area contributed by atoms with E-state index in [1.807, 2.05) is 12.4 Å². The first-order valence-electron chi connectivity index (χ1n) is 9.59. The van der Waals surface area contributed by atoms with Crippen molar-refractivity contribution in [2.24, 2.45) is 5.92 Å². The van der Waals surface area contributed by atoms with Gasteiger partial charge in [-0.2, -0.15) is 0 Å². The molecule has 3 rings (SSSR count). The zero-order valence-electron chi connectivity index (χ0n) is 16.6. The maximum Gasteiger partial charge on any atom is 0.192 e. The monoisotopic (exact) mass is 365 g/mol. The van der Waals surface area contributed by atoms with Crippen LogP contribution in [0.25, 0.3) is 0 Å². The van der Waals surface area contributed by atoms with Gasteiger partial charge in [-0.3, -0.25) is 4.98 Å². The van der Waals surface area contributed by atoms with E-state index in [1.165, 1.54) is 11.1 Å². The molecular formula is C23H31NOSi. The number of aromatic nitrogens is 1. The van der Waals surface area contributed by atoms with Gasteiger partial charge in [0, 0.05) is 24.2 Å². The molecule has 3 atom stereocenters. The topological polar surface area (TPSA) is 22.1 Å². The highest BCUT2D eigenvalue weighted by atomic mass is 28.4. The minimum atomic E-state index is -1.81. The van der Waals surface area contributed by atoms with Crippen molar-refractivity contribution in [2.45, 2.75) is 57.3 Å². The van der Waals surface area contributed by atoms with E-state index in [9.17, 15) is 0 Å². The Balaban J connectivity index is 1.94. The molecule has 0 saturated heterocycles. The van der Waals surface area contributed by atoms with Crippen LogP contribution in [0.4, 0.5) is 0 Å². The van der Waals surface area contributed by atoms with Crippen LogP contribution < -0.4 is 0 Å². The highest BCUT2D eigenvalue weighted by molar-refractivity contribution is 6.74. The Morgan fingerprint density at radius 3 is 2.23 bits per heavy atom. The first-order valence-corrected chi connectivity index (χ1v) is 12.5. The SMILES string of the molecule is CC(C)(C)[Si](C)(C)OC1CC=CC1C(c1ccccc1)c1ccncc1. The Hall–Kier alpha value is -1.71. The second kappa shape index (κ2) is 7.49. The van der Waals surface area contributed by atoms with Crippen molar-refractivity contribution in [3.63, 3.8) is 0 Å². The lowest BCUT2D eigenvalue weighted by Crippen LogP contribution is -2.45. The summed E-state index contributed by atoms with van der Waals surface area (Å²) in [5.41, 5.74) is 2.66. The van der Waals surface area contributed by atoms with Gasteiger partial charge >= 0.3 is 0 Å². The summed E-state index contributed by atoms with van der Waals surface area (Å²) in [6.07, 6.45) is 9.72. The third-order valence-corrected chi connectivity index (χ3v) is 10.5. The van der Waals surface area contributed by atoms with Gasteiger partial charge in [0.25, 0.3) is 0 Å². The van der Waals surface area contributed by atoms with Gasteiger partial charge in [-0.05, 0) is 47.8 Å². The van der Waals surface area contributed by atoms with Gasteiger partial charge in [0.05, 0.1) is 6.10 Å². The molecule has 0 aliphatic heterocycles. The van der Waals surface area contributed by atoms with Crippen LogP contribution in [-0.4, -0.2) is 19.4 Å². The van der Waals surface area contributed by atoms with Crippen LogP contribution in [0.3, 0.4) is 0 Å². The van der Waals surface area contributed by atoms with E-state index in [0.29, 0.717) is 11.8 Å². The molecular weight excluding hydrogens is 334 g/mol. The molecule has 0 radical (unpaired) electrons. The smallest absolute Gasteiger partial charge is 0.192 e. The molecule has 0 fully saturated rings. The highest BCUT2D eigenvalue weighted by Crippen LogP contribution is 2.44. The van der Waals surface area contributed by atoms with Gasteiger partial charge in [-0.15, -0.1) is 0 Å². The molecule has 138 valence electrons. The predicted molar refractivity (Wildman–Crippen MR) is 112 cm³/mol. The van der Waals surface area contributed by atoms with Crippen LogP contribution in [0.15, 0.2) is 67.0 Å². The largest absolute Gasteiger partial charge is 0.413 e. The molecule has 0 bridgehead atoms. The van der Waals surface area contributed by atoms with E-state index in [2.05, 4.69) is 93.5 Å². The van der Waals surface area contributed by atoms with Crippen LogP contribution in [0.1, 0.15) is 44.2 Å². The second-order valence-electron chi connectivity index (χ2n) is 8.83. The number of nitrogens with zero attached hydrogens (tertiary/aromatic N) is 1. The third-order valence-electron chi connectivity index (χ3n) is 6.02. The van der Waals surface area contributed by atoms with Crippen LogP contribution in [0, 0.1) is 5.92 Å². The van der Waals surface area contributed by atoms with Crippen molar-refractivity contribution in [1.29, 1.82) is 0 Å². The summed E-state index contributed by atoms with van der Waals surface area (Å²) >= 11 is 0. The van der Waals surface area contributed by atoms with Crippen LogP contribution in [0.2, 0.25) is 18.1 Å². The summed E-state index contributed by atoms with van der Waals surface area (Å²) < 4.78 is 6.86. The number of rotatable bonds is 5. The fourth-order valence-corrected chi connectivity index (χ4v) is 4.89. The predicted octanol–water partition coefficient (Wildman–Crippen LogP) is 6.18. The normalized spacial score (nSPS) is 21.7. The minimum absolute atomic E-state index is 0.221. The molecule has 1 aromatic carbocycles. The molecule has 1 aliphatic carbocycles. The fourth-order valence-electron chi connectivity index (χ4n) is 3.53. The van der Waals surface area contributed by atoms with E-state index in [4.69, 9.17) is 4.43 Å². The van der Waals surface area contributed by atoms with E-state index >= 15 is 0 Å². The highest BCUT2D eigenvalue weighted by Gasteiger charge is 2.42. The number of benzene rings is 1. The van der Waals surface area contributed by atoms with Crippen molar-refractivity contribution in [2.75, 3.05) is 0 Å². The van der Waals surface area contributed by atoms with Crippen LogP contribution in [-0.2, 0) is 4.43 Å². The second-order valence-corrected chi connectivity index (χ2v) is 13.6. The van der Waals surface area contributed by atoms with E-state index in [0.717, 1.165) is 6.42 Å². The van der Waals surface area contributed by atoms with Crippen molar-refractivity contribution in [1.82, 2.24) is 4.98 Å². The average molecular weight is 366 g/mol. The zero-order chi connectivity index (χ0) is 18.8. The molecule has 26 heavy (non-hydrogen) atoms. The van der Waals surface area contributed by atoms with Gasteiger partial charge in [0.15, 0.2) is 8.32 Å². The Morgan fingerprint density at radius 1 is 1.00 bits per heavy atom. The molecule has 3 heteroatoms. The summed E-state index contributed by atoms with van der Waals surface area (Å²) in [4.78, 5) is 4.22. The Kier molecular flexibility index (Phi) is 5.49. The van der Waals surface area contributed by atoms with Crippen molar-refractivity contribution in [3.8, 4) is 0 Å². The third kappa shape index (κ3) is 3.99. The minimum Gasteiger partial charge on any atom is -0.413 e. The molecule has 3 unspecified atom stereocenters. The zero-order valence-corrected chi connectivity index (χ0v) is 17.6. The molecule has 1 aromatic heterocycles. The summed E-state index contributed by atoms with van der Waals surface area (Å²) in [5.74, 6) is 0.654. The molecule has 1 heterocycles. The molecule has 0 saturated carbocycles. The lowest BCUT2D eigenvalue weighted by Gasteiger charge is -2.41. The molecule has 0 spiro atoms. The van der Waals surface area contributed by atoms with Gasteiger partial charge < -0.3 is 4.43 Å². The molecule has 0 amide bonds. The van der Waals surface area contributed by atoms with E-state index in [-0.39, 0.29) is 11.1 Å². The molecule has 2 nitrogen and oxygen atoms in total. The van der Waals surface area contributed by atoms with Crippen LogP contribution >= 0.6 is 0 Å². The Labute approximate surface area is 159 Å². The van der Waals surface area contributed by atoms with Crippen molar-refractivity contribution in [3.05, 3.63) is 78.1 Å². The summed E-state index contributed by atoms with van der Waals surface area (Å²) in [6, 6.07) is 15.1. The molecule has 1 aliphatic rings. The first-order chi connectivity index (χ1) is 12.3. The van der Waals surface area contributed by atoms with Crippen LogP contribution in [0.5, 0.6) is 0 Å². The van der Waals surface area contributed by atoms with Gasteiger partial charge in [-0.25, -0.2) is 0 Å². The van der Waals surface area contributed by atoms with Gasteiger partial charge in [0.2, 0.25) is 0 Å². The number of hydrogen-bond acceptors (Lipinski definition) is 2. The fraction of sp³-hybridized carbons (Fsp3) is 0.435. The molecule has 2 aromatic rings. The summed E-state index contributed by atoms with van der Waals surface area (Å²) in [5, 5.41) is 0.221. The lowest BCUT2D eigenvalue weighted by molar-refractivity contribution is 0.143. The lowest BCUT2D eigenvalue weighted by atomic mass is 9.79.